The molecule has 0 aliphatic heterocycles. The summed E-state index contributed by atoms with van der Waals surface area (Å²) < 4.78 is 0. The van der Waals surface area contributed by atoms with E-state index in [0.717, 1.165) is 32.2 Å². The summed E-state index contributed by atoms with van der Waals surface area (Å²) >= 11 is 0. The average molecular weight is 199 g/mol. The lowest BCUT2D eigenvalue weighted by Gasteiger charge is -2.38. The summed E-state index contributed by atoms with van der Waals surface area (Å²) in [7, 11) is 0. The lowest BCUT2D eigenvalue weighted by atomic mass is 9.76. The highest BCUT2D eigenvalue weighted by Crippen LogP contribution is 2.31. The van der Waals surface area contributed by atoms with E-state index in [-0.39, 0.29) is 0 Å². The molecule has 0 unspecified atom stereocenters. The van der Waals surface area contributed by atoms with Gasteiger partial charge in [0.2, 0.25) is 0 Å². The van der Waals surface area contributed by atoms with Crippen LogP contribution in [0.2, 0.25) is 0 Å². The fraction of sp³-hybridized carbons (Fsp3) is 0.909. The van der Waals surface area contributed by atoms with Gasteiger partial charge in [-0.05, 0) is 44.6 Å². The molecular weight excluding hydrogens is 178 g/mol. The molecule has 0 spiro atoms. The third-order valence-electron chi connectivity index (χ3n) is 3.04. The third-order valence-corrected chi connectivity index (χ3v) is 3.04. The van der Waals surface area contributed by atoms with Gasteiger partial charge in [0.05, 0.1) is 0 Å². The molecule has 1 rings (SSSR count). The molecule has 1 aliphatic carbocycles. The maximum atomic E-state index is 11.0. The molecule has 0 saturated heterocycles. The molecule has 1 aliphatic rings. The van der Waals surface area contributed by atoms with Crippen LogP contribution in [0.15, 0.2) is 0 Å². The summed E-state index contributed by atoms with van der Waals surface area (Å²) in [4.78, 5) is 11.0. The van der Waals surface area contributed by atoms with E-state index in [1.165, 1.54) is 6.42 Å². The number of carboxylic acids is 1. The van der Waals surface area contributed by atoms with E-state index in [1.54, 1.807) is 0 Å². The van der Waals surface area contributed by atoms with E-state index in [1.807, 2.05) is 0 Å². The Morgan fingerprint density at radius 2 is 2.14 bits per heavy atom. The highest BCUT2D eigenvalue weighted by molar-refractivity contribution is 5.79. The SMILES string of the molecule is CC(C)CCCNC1(C(=O)O)CCC1. The van der Waals surface area contributed by atoms with E-state index in [9.17, 15) is 4.79 Å². The minimum Gasteiger partial charge on any atom is -0.480 e. The average Bonchev–Trinajstić information content (AvgIpc) is 1.99. The Labute approximate surface area is 85.9 Å². The van der Waals surface area contributed by atoms with Gasteiger partial charge in [0.1, 0.15) is 5.54 Å². The molecule has 0 atom stereocenters. The molecule has 0 bridgehead atoms. The smallest absolute Gasteiger partial charge is 0.323 e. The normalized spacial score (nSPS) is 19.4. The number of aliphatic carboxylic acids is 1. The molecule has 0 heterocycles. The lowest BCUT2D eigenvalue weighted by Crippen LogP contribution is -2.57. The Morgan fingerprint density at radius 1 is 1.50 bits per heavy atom. The van der Waals surface area contributed by atoms with Gasteiger partial charge in [-0.2, -0.15) is 0 Å². The van der Waals surface area contributed by atoms with Crippen LogP contribution >= 0.6 is 0 Å². The summed E-state index contributed by atoms with van der Waals surface area (Å²) in [6.07, 6.45) is 4.88. The highest BCUT2D eigenvalue weighted by atomic mass is 16.4. The molecular formula is C11H21NO2. The van der Waals surface area contributed by atoms with Gasteiger partial charge < -0.3 is 10.4 Å². The summed E-state index contributed by atoms with van der Waals surface area (Å²) in [5.41, 5.74) is -0.572. The van der Waals surface area contributed by atoms with E-state index in [0.29, 0.717) is 5.92 Å². The van der Waals surface area contributed by atoms with Crippen LogP contribution in [0.3, 0.4) is 0 Å². The van der Waals surface area contributed by atoms with Crippen molar-refractivity contribution in [2.75, 3.05) is 6.54 Å². The molecule has 82 valence electrons. The zero-order valence-corrected chi connectivity index (χ0v) is 9.18. The van der Waals surface area contributed by atoms with Crippen molar-refractivity contribution in [2.45, 2.75) is 51.5 Å². The second-order valence-electron chi connectivity index (χ2n) is 4.70. The minimum atomic E-state index is -0.673. The van der Waals surface area contributed by atoms with Gasteiger partial charge in [-0.1, -0.05) is 13.8 Å². The zero-order valence-electron chi connectivity index (χ0n) is 9.18. The van der Waals surface area contributed by atoms with Crippen LogP contribution in [0.5, 0.6) is 0 Å². The monoisotopic (exact) mass is 199 g/mol. The van der Waals surface area contributed by atoms with Gasteiger partial charge in [0.25, 0.3) is 0 Å². The second kappa shape index (κ2) is 4.78. The van der Waals surface area contributed by atoms with Crippen molar-refractivity contribution in [3.63, 3.8) is 0 Å². The predicted octanol–water partition coefficient (Wildman–Crippen LogP) is 2.02. The van der Waals surface area contributed by atoms with Gasteiger partial charge in [0.15, 0.2) is 0 Å². The molecule has 14 heavy (non-hydrogen) atoms. The summed E-state index contributed by atoms with van der Waals surface area (Å²) in [5.74, 6) is 0.0345. The van der Waals surface area contributed by atoms with Crippen molar-refractivity contribution >= 4 is 5.97 Å². The summed E-state index contributed by atoms with van der Waals surface area (Å²) in [6, 6.07) is 0. The maximum absolute atomic E-state index is 11.0. The molecule has 0 aromatic rings. The van der Waals surface area contributed by atoms with Crippen LogP contribution in [-0.4, -0.2) is 23.2 Å². The number of carboxylic acid groups (broad SMARTS) is 1. The first-order chi connectivity index (χ1) is 6.57. The maximum Gasteiger partial charge on any atom is 0.323 e. The molecule has 3 nitrogen and oxygen atoms in total. The van der Waals surface area contributed by atoms with E-state index in [4.69, 9.17) is 5.11 Å². The van der Waals surface area contributed by atoms with Crippen LogP contribution in [0.1, 0.15) is 46.0 Å². The molecule has 0 aromatic heterocycles. The van der Waals surface area contributed by atoms with Crippen LogP contribution in [0, 0.1) is 5.92 Å². The third kappa shape index (κ3) is 2.71. The first kappa shape index (κ1) is 11.5. The van der Waals surface area contributed by atoms with Crippen LogP contribution < -0.4 is 5.32 Å². The molecule has 0 amide bonds. The Bertz CT molecular complexity index is 197. The standard InChI is InChI=1S/C11H21NO2/c1-9(2)5-3-8-12-11(10(13)14)6-4-7-11/h9,12H,3-8H2,1-2H3,(H,13,14). The van der Waals surface area contributed by atoms with Crippen molar-refractivity contribution < 1.29 is 9.90 Å². The largest absolute Gasteiger partial charge is 0.480 e. The number of rotatable bonds is 6. The van der Waals surface area contributed by atoms with Gasteiger partial charge >= 0.3 is 5.97 Å². The highest BCUT2D eigenvalue weighted by Gasteiger charge is 2.43. The Kier molecular flexibility index (Phi) is 3.93. The van der Waals surface area contributed by atoms with Crippen molar-refractivity contribution in [3.05, 3.63) is 0 Å². The summed E-state index contributed by atoms with van der Waals surface area (Å²) in [6.45, 7) is 5.22. The molecule has 1 fully saturated rings. The molecule has 3 heteroatoms. The molecule has 2 N–H and O–H groups in total. The molecule has 1 saturated carbocycles. The van der Waals surface area contributed by atoms with E-state index < -0.39 is 11.5 Å². The molecule has 0 aromatic carbocycles. The first-order valence-electron chi connectivity index (χ1n) is 5.55. The quantitative estimate of drug-likeness (QED) is 0.643. The van der Waals surface area contributed by atoms with Crippen molar-refractivity contribution in [1.29, 1.82) is 0 Å². The minimum absolute atomic E-state index is 0.572. The second-order valence-corrected chi connectivity index (χ2v) is 4.70. The van der Waals surface area contributed by atoms with Gasteiger partial charge in [-0.25, -0.2) is 0 Å². The van der Waals surface area contributed by atoms with Gasteiger partial charge in [0, 0.05) is 0 Å². The van der Waals surface area contributed by atoms with Crippen LogP contribution in [-0.2, 0) is 4.79 Å². The Hall–Kier alpha value is -0.570. The van der Waals surface area contributed by atoms with Crippen LogP contribution in [0.25, 0.3) is 0 Å². The van der Waals surface area contributed by atoms with Gasteiger partial charge in [-0.15, -0.1) is 0 Å². The topological polar surface area (TPSA) is 49.3 Å². The number of hydrogen-bond donors (Lipinski definition) is 2. The molecule has 0 radical (unpaired) electrons. The predicted molar refractivity (Wildman–Crippen MR) is 56.3 cm³/mol. The van der Waals surface area contributed by atoms with Crippen LogP contribution in [0.4, 0.5) is 0 Å². The van der Waals surface area contributed by atoms with Gasteiger partial charge in [-0.3, -0.25) is 4.79 Å². The first-order valence-corrected chi connectivity index (χ1v) is 5.55. The van der Waals surface area contributed by atoms with E-state index in [2.05, 4.69) is 19.2 Å². The fourth-order valence-corrected chi connectivity index (χ4v) is 1.83. The lowest BCUT2D eigenvalue weighted by molar-refractivity contribution is -0.148. The number of carbonyl (C=O) groups is 1. The summed E-state index contributed by atoms with van der Waals surface area (Å²) in [5, 5.41) is 12.2. The van der Waals surface area contributed by atoms with Crippen molar-refractivity contribution in [1.82, 2.24) is 5.32 Å². The number of nitrogens with one attached hydrogen (secondary N) is 1. The fourth-order valence-electron chi connectivity index (χ4n) is 1.83. The Morgan fingerprint density at radius 3 is 2.50 bits per heavy atom. The Balaban J connectivity index is 2.19. The van der Waals surface area contributed by atoms with E-state index >= 15 is 0 Å². The zero-order chi connectivity index (χ0) is 10.6. The van der Waals surface area contributed by atoms with Crippen molar-refractivity contribution in [2.24, 2.45) is 5.92 Å². The van der Waals surface area contributed by atoms with Crippen molar-refractivity contribution in [3.8, 4) is 0 Å². The number of hydrogen-bond acceptors (Lipinski definition) is 2.